The van der Waals surface area contributed by atoms with Crippen LogP contribution in [0.25, 0.3) is 0 Å². The van der Waals surface area contributed by atoms with Gasteiger partial charge in [0, 0.05) is 42.3 Å². The van der Waals surface area contributed by atoms with Crippen molar-refractivity contribution in [1.82, 2.24) is 10.2 Å². The molecule has 0 saturated carbocycles. The van der Waals surface area contributed by atoms with Crippen LogP contribution in [0.5, 0.6) is 5.75 Å². The van der Waals surface area contributed by atoms with Gasteiger partial charge in [-0.2, -0.15) is 0 Å². The maximum Gasteiger partial charge on any atom is 0.124 e. The van der Waals surface area contributed by atoms with E-state index in [-0.39, 0.29) is 0 Å². The quantitative estimate of drug-likeness (QED) is 0.788. The van der Waals surface area contributed by atoms with Gasteiger partial charge in [-0.3, -0.25) is 4.90 Å². The van der Waals surface area contributed by atoms with E-state index in [1.807, 2.05) is 13.0 Å². The minimum atomic E-state index is 0.337. The Hall–Kier alpha value is -0.840. The number of hydrogen-bond acceptors (Lipinski definition) is 3. The fraction of sp³-hybridized carbons (Fsp3) is 0.529. The van der Waals surface area contributed by atoms with Crippen molar-refractivity contribution in [3.05, 3.63) is 40.4 Å². The summed E-state index contributed by atoms with van der Waals surface area (Å²) in [6.45, 7) is 13.2. The van der Waals surface area contributed by atoms with Gasteiger partial charge >= 0.3 is 0 Å². The first-order chi connectivity index (χ1) is 10.1. The van der Waals surface area contributed by atoms with Gasteiger partial charge in [-0.05, 0) is 38.5 Å². The highest BCUT2D eigenvalue weighted by Crippen LogP contribution is 2.35. The van der Waals surface area contributed by atoms with Gasteiger partial charge in [-0.15, -0.1) is 6.58 Å². The van der Waals surface area contributed by atoms with Crippen molar-refractivity contribution in [3.8, 4) is 5.75 Å². The summed E-state index contributed by atoms with van der Waals surface area (Å²) in [5.74, 6) is 0.991. The minimum absolute atomic E-state index is 0.337. The molecule has 0 aliphatic carbocycles. The fourth-order valence-corrected chi connectivity index (χ4v) is 3.21. The van der Waals surface area contributed by atoms with Gasteiger partial charge in [-0.25, -0.2) is 0 Å². The Labute approximate surface area is 136 Å². The SMILES string of the molecule is C=C(C)C[C@@H](c1cc(Br)ccc1OCC)N1CCNCC1. The second-order valence-corrected chi connectivity index (χ2v) is 6.49. The third kappa shape index (κ3) is 4.56. The Morgan fingerprint density at radius 2 is 2.14 bits per heavy atom. The Kier molecular flexibility index (Phi) is 6.27. The average Bonchev–Trinajstić information content (AvgIpc) is 2.48. The molecule has 0 spiro atoms. The standard InChI is InChI=1S/C17H25BrN2O/c1-4-21-17-6-5-14(18)12-15(17)16(11-13(2)3)20-9-7-19-8-10-20/h5-6,12,16,19H,2,4,7-11H2,1,3H3/t16-/m0/s1. The van der Waals surface area contributed by atoms with Crippen molar-refractivity contribution in [2.45, 2.75) is 26.3 Å². The predicted octanol–water partition coefficient (Wildman–Crippen LogP) is 3.76. The molecule has 0 amide bonds. The Morgan fingerprint density at radius 1 is 1.43 bits per heavy atom. The highest BCUT2D eigenvalue weighted by molar-refractivity contribution is 9.10. The van der Waals surface area contributed by atoms with Crippen LogP contribution in [-0.2, 0) is 0 Å². The molecule has 0 radical (unpaired) electrons. The van der Waals surface area contributed by atoms with Crippen LogP contribution in [0, 0.1) is 0 Å². The topological polar surface area (TPSA) is 24.5 Å². The molecular weight excluding hydrogens is 328 g/mol. The lowest BCUT2D eigenvalue weighted by Crippen LogP contribution is -2.45. The number of nitrogens with zero attached hydrogens (tertiary/aromatic N) is 1. The lowest BCUT2D eigenvalue weighted by atomic mass is 9.97. The van der Waals surface area contributed by atoms with Gasteiger partial charge in [0.1, 0.15) is 5.75 Å². The lowest BCUT2D eigenvalue weighted by Gasteiger charge is -2.36. The summed E-state index contributed by atoms with van der Waals surface area (Å²) in [6, 6.07) is 6.64. The molecule has 0 unspecified atom stereocenters. The Balaban J connectivity index is 2.34. The molecule has 1 atom stereocenters. The maximum absolute atomic E-state index is 5.85. The second kappa shape index (κ2) is 7.97. The molecule has 1 aromatic rings. The normalized spacial score (nSPS) is 17.5. The smallest absolute Gasteiger partial charge is 0.124 e. The van der Waals surface area contributed by atoms with Gasteiger partial charge < -0.3 is 10.1 Å². The van der Waals surface area contributed by atoms with Crippen LogP contribution in [-0.4, -0.2) is 37.7 Å². The van der Waals surface area contributed by atoms with E-state index in [9.17, 15) is 0 Å². The Bertz CT molecular complexity index is 484. The summed E-state index contributed by atoms with van der Waals surface area (Å²) in [5.41, 5.74) is 2.47. The molecule has 3 nitrogen and oxygen atoms in total. The van der Waals surface area contributed by atoms with E-state index in [2.05, 4.69) is 51.8 Å². The number of nitrogens with one attached hydrogen (secondary N) is 1. The molecule has 4 heteroatoms. The van der Waals surface area contributed by atoms with E-state index in [1.54, 1.807) is 0 Å². The molecule has 21 heavy (non-hydrogen) atoms. The highest BCUT2D eigenvalue weighted by Gasteiger charge is 2.25. The summed E-state index contributed by atoms with van der Waals surface area (Å²) in [7, 11) is 0. The van der Waals surface area contributed by atoms with Crippen molar-refractivity contribution in [1.29, 1.82) is 0 Å². The molecule has 1 saturated heterocycles. The molecule has 0 aromatic heterocycles. The van der Waals surface area contributed by atoms with Crippen LogP contribution in [0.1, 0.15) is 31.9 Å². The fourth-order valence-electron chi connectivity index (χ4n) is 2.83. The molecule has 1 heterocycles. The molecule has 1 aliphatic heterocycles. The first-order valence-corrected chi connectivity index (χ1v) is 8.42. The molecule has 1 aromatic carbocycles. The molecule has 2 rings (SSSR count). The van der Waals surface area contributed by atoms with Crippen molar-refractivity contribution in [2.75, 3.05) is 32.8 Å². The highest BCUT2D eigenvalue weighted by atomic mass is 79.9. The average molecular weight is 353 g/mol. The van der Waals surface area contributed by atoms with Crippen LogP contribution >= 0.6 is 15.9 Å². The largest absolute Gasteiger partial charge is 0.494 e. The first kappa shape index (κ1) is 16.5. The molecule has 1 fully saturated rings. The molecular formula is C17H25BrN2O. The van der Waals surface area contributed by atoms with Gasteiger partial charge in [0.2, 0.25) is 0 Å². The van der Waals surface area contributed by atoms with Crippen LogP contribution in [0.4, 0.5) is 0 Å². The number of piperazine rings is 1. The third-order valence-electron chi connectivity index (χ3n) is 3.76. The zero-order valence-corrected chi connectivity index (χ0v) is 14.6. The van der Waals surface area contributed by atoms with Crippen molar-refractivity contribution < 1.29 is 4.74 Å². The third-order valence-corrected chi connectivity index (χ3v) is 4.26. The zero-order valence-electron chi connectivity index (χ0n) is 13.0. The van der Waals surface area contributed by atoms with Gasteiger partial charge in [0.15, 0.2) is 0 Å². The monoisotopic (exact) mass is 352 g/mol. The van der Waals surface area contributed by atoms with Crippen molar-refractivity contribution in [2.24, 2.45) is 0 Å². The first-order valence-electron chi connectivity index (χ1n) is 7.63. The van der Waals surface area contributed by atoms with E-state index in [0.29, 0.717) is 12.6 Å². The van der Waals surface area contributed by atoms with Gasteiger partial charge in [-0.1, -0.05) is 21.5 Å². The number of benzene rings is 1. The van der Waals surface area contributed by atoms with Crippen LogP contribution in [0.15, 0.2) is 34.8 Å². The number of ether oxygens (including phenoxy) is 1. The maximum atomic E-state index is 5.85. The molecule has 116 valence electrons. The lowest BCUT2D eigenvalue weighted by molar-refractivity contribution is 0.168. The zero-order chi connectivity index (χ0) is 15.2. The minimum Gasteiger partial charge on any atom is -0.494 e. The number of halogens is 1. The van der Waals surface area contributed by atoms with Gasteiger partial charge in [0.25, 0.3) is 0 Å². The summed E-state index contributed by atoms with van der Waals surface area (Å²) < 4.78 is 6.95. The van der Waals surface area contributed by atoms with Crippen molar-refractivity contribution in [3.63, 3.8) is 0 Å². The summed E-state index contributed by atoms with van der Waals surface area (Å²) >= 11 is 3.60. The van der Waals surface area contributed by atoms with E-state index in [1.165, 1.54) is 11.1 Å². The summed E-state index contributed by atoms with van der Waals surface area (Å²) in [6.07, 6.45) is 0.969. The second-order valence-electron chi connectivity index (χ2n) is 5.58. The van der Waals surface area contributed by atoms with Gasteiger partial charge in [0.05, 0.1) is 6.61 Å². The van der Waals surface area contributed by atoms with Crippen LogP contribution in [0.2, 0.25) is 0 Å². The predicted molar refractivity (Wildman–Crippen MR) is 91.9 cm³/mol. The number of rotatable bonds is 6. The molecule has 0 bridgehead atoms. The van der Waals surface area contributed by atoms with E-state index < -0.39 is 0 Å². The van der Waals surface area contributed by atoms with Crippen molar-refractivity contribution >= 4 is 15.9 Å². The summed E-state index contributed by atoms with van der Waals surface area (Å²) in [4.78, 5) is 2.54. The van der Waals surface area contributed by atoms with E-state index in [4.69, 9.17) is 4.74 Å². The molecule has 1 N–H and O–H groups in total. The molecule has 1 aliphatic rings. The van der Waals surface area contributed by atoms with E-state index >= 15 is 0 Å². The van der Waals surface area contributed by atoms with Crippen LogP contribution in [0.3, 0.4) is 0 Å². The number of hydrogen-bond donors (Lipinski definition) is 1. The van der Waals surface area contributed by atoms with E-state index in [0.717, 1.165) is 42.8 Å². The van der Waals surface area contributed by atoms with Crippen LogP contribution < -0.4 is 10.1 Å². The Morgan fingerprint density at radius 3 is 2.76 bits per heavy atom. The summed E-state index contributed by atoms with van der Waals surface area (Å²) in [5, 5.41) is 3.42.